The lowest BCUT2D eigenvalue weighted by Gasteiger charge is -2.57. The molecule has 0 aliphatic heterocycles. The van der Waals surface area contributed by atoms with Crippen LogP contribution in [0, 0.1) is 12.3 Å². The smallest absolute Gasteiger partial charge is 0.246 e. The number of aromatic nitrogens is 2. The van der Waals surface area contributed by atoms with Crippen molar-refractivity contribution in [3.63, 3.8) is 0 Å². The van der Waals surface area contributed by atoms with Crippen molar-refractivity contribution in [2.45, 2.75) is 45.8 Å². The van der Waals surface area contributed by atoms with E-state index in [1.807, 2.05) is 33.8 Å². The fourth-order valence-corrected chi connectivity index (χ4v) is 2.78. The summed E-state index contributed by atoms with van der Waals surface area (Å²) in [5, 5.41) is 7.08. The SMILES string of the molecule is CCOC1CC(N)(C(=O)Nc2cc(C)nn2C)C1(C)C.Cl. The van der Waals surface area contributed by atoms with E-state index in [0.717, 1.165) is 5.69 Å². The highest BCUT2D eigenvalue weighted by molar-refractivity contribution is 5.99. The maximum Gasteiger partial charge on any atom is 0.246 e. The molecule has 1 saturated carbocycles. The van der Waals surface area contributed by atoms with Crippen LogP contribution in [0.3, 0.4) is 0 Å². The highest BCUT2D eigenvalue weighted by Gasteiger charge is 2.62. The van der Waals surface area contributed by atoms with Crippen molar-refractivity contribution in [2.24, 2.45) is 18.2 Å². The van der Waals surface area contributed by atoms with Crippen molar-refractivity contribution in [1.29, 1.82) is 0 Å². The Morgan fingerprint density at radius 2 is 2.24 bits per heavy atom. The lowest BCUT2D eigenvalue weighted by Crippen LogP contribution is -2.74. The number of carbonyl (C=O) groups is 1. The van der Waals surface area contributed by atoms with Crippen molar-refractivity contribution in [2.75, 3.05) is 11.9 Å². The van der Waals surface area contributed by atoms with Gasteiger partial charge in [0.05, 0.1) is 11.8 Å². The largest absolute Gasteiger partial charge is 0.378 e. The van der Waals surface area contributed by atoms with Crippen molar-refractivity contribution in [3.8, 4) is 0 Å². The van der Waals surface area contributed by atoms with Crippen LogP contribution in [0.1, 0.15) is 32.9 Å². The number of hydrogen-bond acceptors (Lipinski definition) is 4. The minimum atomic E-state index is -0.912. The van der Waals surface area contributed by atoms with Crippen LogP contribution in [-0.2, 0) is 16.6 Å². The summed E-state index contributed by atoms with van der Waals surface area (Å²) in [4.78, 5) is 12.5. The number of carbonyl (C=O) groups excluding carboxylic acids is 1. The van der Waals surface area contributed by atoms with E-state index in [-0.39, 0.29) is 29.8 Å². The van der Waals surface area contributed by atoms with Crippen LogP contribution in [0.25, 0.3) is 0 Å². The average Bonchev–Trinajstić information content (AvgIpc) is 2.67. The van der Waals surface area contributed by atoms with Crippen LogP contribution in [0.2, 0.25) is 0 Å². The van der Waals surface area contributed by atoms with Gasteiger partial charge in [0, 0.05) is 31.6 Å². The fraction of sp³-hybridized carbons (Fsp3) is 0.714. The lowest BCUT2D eigenvalue weighted by atomic mass is 9.54. The minimum Gasteiger partial charge on any atom is -0.378 e. The van der Waals surface area contributed by atoms with Crippen LogP contribution < -0.4 is 11.1 Å². The molecule has 21 heavy (non-hydrogen) atoms. The number of halogens is 1. The molecule has 1 fully saturated rings. The number of hydrogen-bond donors (Lipinski definition) is 2. The van der Waals surface area contributed by atoms with E-state index >= 15 is 0 Å². The van der Waals surface area contributed by atoms with E-state index in [1.54, 1.807) is 11.7 Å². The summed E-state index contributed by atoms with van der Waals surface area (Å²) in [7, 11) is 1.79. The van der Waals surface area contributed by atoms with Crippen molar-refractivity contribution in [1.82, 2.24) is 9.78 Å². The van der Waals surface area contributed by atoms with Gasteiger partial charge >= 0.3 is 0 Å². The first-order chi connectivity index (χ1) is 9.22. The number of amides is 1. The number of aryl methyl sites for hydroxylation is 2. The fourth-order valence-electron chi connectivity index (χ4n) is 2.78. The minimum absolute atomic E-state index is 0. The van der Waals surface area contributed by atoms with E-state index < -0.39 is 5.54 Å². The number of nitrogens with two attached hydrogens (primary N) is 1. The van der Waals surface area contributed by atoms with Gasteiger partial charge in [-0.05, 0) is 13.8 Å². The van der Waals surface area contributed by atoms with Crippen LogP contribution in [-0.4, -0.2) is 33.9 Å². The normalized spacial score (nSPS) is 26.7. The second-order valence-corrected chi connectivity index (χ2v) is 6.09. The van der Waals surface area contributed by atoms with Crippen LogP contribution in [0.15, 0.2) is 6.07 Å². The molecule has 2 unspecified atom stereocenters. The Bertz CT molecular complexity index is 529. The zero-order valence-electron chi connectivity index (χ0n) is 13.3. The van der Waals surface area contributed by atoms with E-state index in [4.69, 9.17) is 10.5 Å². The van der Waals surface area contributed by atoms with Crippen molar-refractivity contribution >= 4 is 24.1 Å². The predicted molar refractivity (Wildman–Crippen MR) is 84.6 cm³/mol. The van der Waals surface area contributed by atoms with E-state index in [1.165, 1.54) is 0 Å². The molecule has 0 aromatic carbocycles. The molecule has 0 bridgehead atoms. The van der Waals surface area contributed by atoms with Gasteiger partial charge in [0.15, 0.2) is 0 Å². The second-order valence-electron chi connectivity index (χ2n) is 6.09. The van der Waals surface area contributed by atoms with Crippen molar-refractivity contribution < 1.29 is 9.53 Å². The maximum absolute atomic E-state index is 12.5. The highest BCUT2D eigenvalue weighted by Crippen LogP contribution is 2.50. The molecular formula is C14H25ClN4O2. The maximum atomic E-state index is 12.5. The predicted octanol–water partition coefficient (Wildman–Crippen LogP) is 1.62. The third kappa shape index (κ3) is 2.80. The summed E-state index contributed by atoms with van der Waals surface area (Å²) < 4.78 is 7.28. The van der Waals surface area contributed by atoms with Gasteiger partial charge in [0.2, 0.25) is 5.91 Å². The van der Waals surface area contributed by atoms with Gasteiger partial charge in [-0.1, -0.05) is 13.8 Å². The highest BCUT2D eigenvalue weighted by atomic mass is 35.5. The molecular weight excluding hydrogens is 292 g/mol. The summed E-state index contributed by atoms with van der Waals surface area (Å²) in [5.41, 5.74) is 5.88. The Morgan fingerprint density at radius 1 is 1.62 bits per heavy atom. The third-order valence-corrected chi connectivity index (χ3v) is 4.48. The molecule has 120 valence electrons. The molecule has 1 aromatic rings. The van der Waals surface area contributed by atoms with Gasteiger partial charge in [0.1, 0.15) is 11.4 Å². The Morgan fingerprint density at radius 3 is 2.67 bits per heavy atom. The number of ether oxygens (including phenoxy) is 1. The van der Waals surface area contributed by atoms with Gasteiger partial charge in [-0.25, -0.2) is 0 Å². The molecule has 1 aliphatic carbocycles. The first kappa shape index (κ1) is 17.9. The molecule has 3 N–H and O–H groups in total. The molecule has 2 rings (SSSR count). The Hall–Kier alpha value is -1.11. The Balaban J connectivity index is 0.00000220. The zero-order chi connectivity index (χ0) is 15.1. The van der Waals surface area contributed by atoms with E-state index in [2.05, 4.69) is 10.4 Å². The molecule has 1 aromatic heterocycles. The molecule has 2 atom stereocenters. The van der Waals surface area contributed by atoms with Gasteiger partial charge in [-0.2, -0.15) is 5.10 Å². The second kappa shape index (κ2) is 5.94. The van der Waals surface area contributed by atoms with Gasteiger partial charge in [-0.3, -0.25) is 9.48 Å². The molecule has 0 radical (unpaired) electrons. The summed E-state index contributed by atoms with van der Waals surface area (Å²) >= 11 is 0. The number of nitrogens with zero attached hydrogens (tertiary/aromatic N) is 2. The molecule has 0 spiro atoms. The molecule has 6 nitrogen and oxygen atoms in total. The lowest BCUT2D eigenvalue weighted by molar-refractivity contribution is -0.166. The van der Waals surface area contributed by atoms with Crippen molar-refractivity contribution in [3.05, 3.63) is 11.8 Å². The van der Waals surface area contributed by atoms with E-state index in [9.17, 15) is 4.79 Å². The summed E-state index contributed by atoms with van der Waals surface area (Å²) in [6.45, 7) is 8.42. The number of nitrogens with one attached hydrogen (secondary N) is 1. The monoisotopic (exact) mass is 316 g/mol. The first-order valence-electron chi connectivity index (χ1n) is 6.95. The summed E-state index contributed by atoms with van der Waals surface area (Å²) in [6, 6.07) is 1.83. The van der Waals surface area contributed by atoms with Crippen LogP contribution in [0.5, 0.6) is 0 Å². The average molecular weight is 317 g/mol. The first-order valence-corrected chi connectivity index (χ1v) is 6.95. The molecule has 1 amide bonds. The third-order valence-electron chi connectivity index (χ3n) is 4.48. The van der Waals surface area contributed by atoms with Crippen LogP contribution in [0.4, 0.5) is 5.82 Å². The molecule has 7 heteroatoms. The molecule has 1 aliphatic rings. The molecule has 1 heterocycles. The van der Waals surface area contributed by atoms with E-state index in [0.29, 0.717) is 18.8 Å². The number of rotatable bonds is 4. The zero-order valence-corrected chi connectivity index (χ0v) is 14.1. The quantitative estimate of drug-likeness (QED) is 0.884. The summed E-state index contributed by atoms with van der Waals surface area (Å²) in [6.07, 6.45) is 0.563. The molecule has 0 saturated heterocycles. The van der Waals surface area contributed by atoms with Gasteiger partial charge in [0.25, 0.3) is 0 Å². The Labute approximate surface area is 131 Å². The number of anilines is 1. The van der Waals surface area contributed by atoms with Crippen LogP contribution >= 0.6 is 12.4 Å². The van der Waals surface area contributed by atoms with Gasteiger partial charge in [-0.15, -0.1) is 12.4 Å². The Kier molecular flexibility index (Phi) is 5.08. The standard InChI is InChI=1S/C14H24N4O2.ClH/c1-6-20-10-8-14(15,13(10,3)4)12(19)16-11-7-9(2)17-18(11)5;/h7,10H,6,8,15H2,1-5H3,(H,16,19);1H. The summed E-state index contributed by atoms with van der Waals surface area (Å²) in [5.74, 6) is 0.481. The van der Waals surface area contributed by atoms with Gasteiger partial charge < -0.3 is 15.8 Å². The topological polar surface area (TPSA) is 82.2 Å².